The Morgan fingerprint density at radius 2 is 1.76 bits per heavy atom. The molecule has 3 fully saturated rings. The standard InChI is InChI=1S/C18H29N3O3S/c22-16(8-11-21-12-13-25-18(21)24)20-9-6-15(7-10-20)19-17(23)14-4-2-1-3-5-14/h14-15H,1-13H2,(H,19,23). The third-order valence-corrected chi connectivity index (χ3v) is 6.50. The van der Waals surface area contributed by atoms with Crippen molar-refractivity contribution in [3.05, 3.63) is 0 Å². The number of carbonyl (C=O) groups is 3. The maximum atomic E-state index is 12.3. The van der Waals surface area contributed by atoms with Crippen LogP contribution < -0.4 is 5.32 Å². The van der Waals surface area contributed by atoms with Gasteiger partial charge in [0.05, 0.1) is 0 Å². The maximum Gasteiger partial charge on any atom is 0.281 e. The molecule has 0 aromatic rings. The first kappa shape index (κ1) is 18.5. The number of thioether (sulfide) groups is 1. The molecular weight excluding hydrogens is 338 g/mol. The van der Waals surface area contributed by atoms with Gasteiger partial charge in [-0.1, -0.05) is 31.0 Å². The van der Waals surface area contributed by atoms with E-state index in [1.54, 1.807) is 4.90 Å². The number of carbonyl (C=O) groups excluding carboxylic acids is 3. The zero-order valence-electron chi connectivity index (χ0n) is 14.9. The van der Waals surface area contributed by atoms with Crippen LogP contribution in [0.25, 0.3) is 0 Å². The topological polar surface area (TPSA) is 69.7 Å². The van der Waals surface area contributed by atoms with Crippen LogP contribution in [-0.4, -0.2) is 64.8 Å². The number of nitrogens with zero attached hydrogens (tertiary/aromatic N) is 2. The molecule has 1 saturated carbocycles. The van der Waals surface area contributed by atoms with Gasteiger partial charge in [0.15, 0.2) is 0 Å². The number of hydrogen-bond donors (Lipinski definition) is 1. The van der Waals surface area contributed by atoms with Crippen molar-refractivity contribution >= 4 is 28.8 Å². The Bertz CT molecular complexity index is 500. The Labute approximate surface area is 154 Å². The molecule has 1 aliphatic carbocycles. The molecule has 0 atom stereocenters. The summed E-state index contributed by atoms with van der Waals surface area (Å²) in [5.41, 5.74) is 0. The molecule has 3 amide bonds. The predicted molar refractivity (Wildman–Crippen MR) is 98.4 cm³/mol. The van der Waals surface area contributed by atoms with Crippen molar-refractivity contribution in [2.75, 3.05) is 31.9 Å². The Balaban J connectivity index is 1.35. The summed E-state index contributed by atoms with van der Waals surface area (Å²) in [6.07, 6.45) is 7.72. The molecule has 3 rings (SSSR count). The zero-order valence-corrected chi connectivity index (χ0v) is 15.7. The number of amides is 3. The third-order valence-electron chi connectivity index (χ3n) is 5.61. The van der Waals surface area contributed by atoms with E-state index in [9.17, 15) is 14.4 Å². The molecule has 3 aliphatic rings. The molecule has 0 aromatic carbocycles. The molecule has 6 nitrogen and oxygen atoms in total. The minimum absolute atomic E-state index is 0.0944. The monoisotopic (exact) mass is 367 g/mol. The van der Waals surface area contributed by atoms with E-state index in [0.29, 0.717) is 26.1 Å². The summed E-state index contributed by atoms with van der Waals surface area (Å²) in [7, 11) is 0. The van der Waals surface area contributed by atoms with Gasteiger partial charge < -0.3 is 15.1 Å². The second kappa shape index (κ2) is 8.92. The Morgan fingerprint density at radius 3 is 2.40 bits per heavy atom. The second-order valence-corrected chi connectivity index (χ2v) is 8.40. The lowest BCUT2D eigenvalue weighted by molar-refractivity contribution is -0.132. The Hall–Kier alpha value is -1.24. The molecule has 25 heavy (non-hydrogen) atoms. The molecule has 0 aromatic heterocycles. The summed E-state index contributed by atoms with van der Waals surface area (Å²) in [5.74, 6) is 1.37. The van der Waals surface area contributed by atoms with E-state index in [-0.39, 0.29) is 29.0 Å². The highest BCUT2D eigenvalue weighted by Crippen LogP contribution is 2.24. The van der Waals surface area contributed by atoms with E-state index in [1.807, 2.05) is 4.90 Å². The minimum Gasteiger partial charge on any atom is -0.353 e. The molecular formula is C18H29N3O3S. The summed E-state index contributed by atoms with van der Waals surface area (Å²) in [5, 5.41) is 3.29. The summed E-state index contributed by atoms with van der Waals surface area (Å²) in [4.78, 5) is 39.9. The van der Waals surface area contributed by atoms with Crippen LogP contribution in [0.1, 0.15) is 51.4 Å². The highest BCUT2D eigenvalue weighted by atomic mass is 32.2. The summed E-state index contributed by atoms with van der Waals surface area (Å²) >= 11 is 1.33. The largest absolute Gasteiger partial charge is 0.353 e. The summed E-state index contributed by atoms with van der Waals surface area (Å²) in [6, 6.07) is 0.204. The first-order valence-electron chi connectivity index (χ1n) is 9.63. The van der Waals surface area contributed by atoms with E-state index in [1.165, 1.54) is 31.0 Å². The van der Waals surface area contributed by atoms with Gasteiger partial charge in [0.1, 0.15) is 0 Å². The van der Waals surface area contributed by atoms with Gasteiger partial charge in [0.25, 0.3) is 5.24 Å². The third kappa shape index (κ3) is 5.12. The van der Waals surface area contributed by atoms with E-state index >= 15 is 0 Å². The molecule has 0 bridgehead atoms. The van der Waals surface area contributed by atoms with Crippen molar-refractivity contribution in [3.63, 3.8) is 0 Å². The molecule has 2 aliphatic heterocycles. The lowest BCUT2D eigenvalue weighted by Gasteiger charge is -2.34. The number of likely N-dealkylation sites (tertiary alicyclic amines) is 1. The lowest BCUT2D eigenvalue weighted by Crippen LogP contribution is -2.48. The fourth-order valence-corrected chi connectivity index (χ4v) is 4.83. The highest BCUT2D eigenvalue weighted by molar-refractivity contribution is 8.13. The Morgan fingerprint density at radius 1 is 1.04 bits per heavy atom. The second-order valence-electron chi connectivity index (χ2n) is 7.35. The van der Waals surface area contributed by atoms with Gasteiger partial charge in [0.2, 0.25) is 11.8 Å². The molecule has 2 heterocycles. The van der Waals surface area contributed by atoms with Crippen molar-refractivity contribution in [3.8, 4) is 0 Å². The average molecular weight is 368 g/mol. The van der Waals surface area contributed by atoms with Crippen LogP contribution >= 0.6 is 11.8 Å². The van der Waals surface area contributed by atoms with Gasteiger partial charge in [-0.05, 0) is 25.7 Å². The molecule has 0 unspecified atom stereocenters. The summed E-state index contributed by atoms with van der Waals surface area (Å²) < 4.78 is 0. The van der Waals surface area contributed by atoms with Crippen molar-refractivity contribution in [2.24, 2.45) is 5.92 Å². The fourth-order valence-electron chi connectivity index (χ4n) is 3.97. The average Bonchev–Trinajstić information content (AvgIpc) is 3.06. The number of nitrogens with one attached hydrogen (secondary N) is 1. The van der Waals surface area contributed by atoms with Crippen LogP contribution in [0, 0.1) is 5.92 Å². The van der Waals surface area contributed by atoms with E-state index in [2.05, 4.69) is 5.32 Å². The normalized spacial score (nSPS) is 23.1. The van der Waals surface area contributed by atoms with Gasteiger partial charge in [0, 0.05) is 50.3 Å². The summed E-state index contributed by atoms with van der Waals surface area (Å²) in [6.45, 7) is 2.70. The van der Waals surface area contributed by atoms with Crippen LogP contribution in [0.4, 0.5) is 4.79 Å². The SMILES string of the molecule is O=C(NC1CCN(C(=O)CCN2CCSC2=O)CC1)C1CCCCC1. The quantitative estimate of drug-likeness (QED) is 0.809. The first-order valence-corrected chi connectivity index (χ1v) is 10.6. The Kier molecular flexibility index (Phi) is 6.62. The lowest BCUT2D eigenvalue weighted by atomic mass is 9.88. The minimum atomic E-state index is 0.0944. The van der Waals surface area contributed by atoms with E-state index in [0.717, 1.165) is 38.0 Å². The fraction of sp³-hybridized carbons (Fsp3) is 0.833. The van der Waals surface area contributed by atoms with Gasteiger partial charge in [-0.2, -0.15) is 0 Å². The van der Waals surface area contributed by atoms with E-state index in [4.69, 9.17) is 0 Å². The van der Waals surface area contributed by atoms with Gasteiger partial charge >= 0.3 is 0 Å². The van der Waals surface area contributed by atoms with Crippen molar-refractivity contribution < 1.29 is 14.4 Å². The van der Waals surface area contributed by atoms with Gasteiger partial charge in [-0.15, -0.1) is 0 Å². The highest BCUT2D eigenvalue weighted by Gasteiger charge is 2.28. The molecule has 0 spiro atoms. The number of rotatable bonds is 5. The van der Waals surface area contributed by atoms with Crippen molar-refractivity contribution in [1.82, 2.24) is 15.1 Å². The van der Waals surface area contributed by atoms with Crippen LogP contribution in [-0.2, 0) is 9.59 Å². The molecule has 0 radical (unpaired) electrons. The van der Waals surface area contributed by atoms with Gasteiger partial charge in [-0.3, -0.25) is 14.4 Å². The zero-order chi connectivity index (χ0) is 17.6. The van der Waals surface area contributed by atoms with Crippen LogP contribution in [0.15, 0.2) is 0 Å². The smallest absolute Gasteiger partial charge is 0.281 e. The van der Waals surface area contributed by atoms with Crippen molar-refractivity contribution in [2.45, 2.75) is 57.4 Å². The van der Waals surface area contributed by atoms with Gasteiger partial charge in [-0.25, -0.2) is 0 Å². The molecule has 2 saturated heterocycles. The molecule has 1 N–H and O–H groups in total. The number of piperidine rings is 1. The molecule has 140 valence electrons. The van der Waals surface area contributed by atoms with E-state index < -0.39 is 0 Å². The van der Waals surface area contributed by atoms with Crippen LogP contribution in [0.3, 0.4) is 0 Å². The predicted octanol–water partition coefficient (Wildman–Crippen LogP) is 2.23. The number of hydrogen-bond acceptors (Lipinski definition) is 4. The van der Waals surface area contributed by atoms with Crippen molar-refractivity contribution in [1.29, 1.82) is 0 Å². The first-order chi connectivity index (χ1) is 12.1. The maximum absolute atomic E-state index is 12.3. The molecule has 7 heteroatoms. The van der Waals surface area contributed by atoms with Crippen LogP contribution in [0.2, 0.25) is 0 Å². The van der Waals surface area contributed by atoms with Crippen LogP contribution in [0.5, 0.6) is 0 Å².